The molecule has 1 fully saturated rings. The number of guanidine groups is 1. The summed E-state index contributed by atoms with van der Waals surface area (Å²) in [6.45, 7) is 5.69. The van der Waals surface area contributed by atoms with Crippen LogP contribution in [-0.2, 0) is 6.54 Å². The zero-order valence-corrected chi connectivity index (χ0v) is 14.7. The van der Waals surface area contributed by atoms with Crippen molar-refractivity contribution in [2.24, 2.45) is 16.6 Å². The van der Waals surface area contributed by atoms with Gasteiger partial charge in [0.1, 0.15) is 0 Å². The van der Waals surface area contributed by atoms with Crippen LogP contribution in [0, 0.1) is 5.92 Å². The first kappa shape index (κ1) is 17.3. The Balaban J connectivity index is 0.00000200. The van der Waals surface area contributed by atoms with Gasteiger partial charge in [0.05, 0.1) is 18.3 Å². The zero-order valence-electron chi connectivity index (χ0n) is 12.4. The Morgan fingerprint density at radius 1 is 1.50 bits per heavy atom. The lowest BCUT2D eigenvalue weighted by atomic mass is 10.2. The van der Waals surface area contributed by atoms with Gasteiger partial charge in [-0.05, 0) is 24.8 Å². The van der Waals surface area contributed by atoms with E-state index in [0.717, 1.165) is 12.2 Å². The van der Waals surface area contributed by atoms with Gasteiger partial charge in [-0.3, -0.25) is 4.68 Å². The van der Waals surface area contributed by atoms with Gasteiger partial charge in [-0.15, -0.1) is 24.0 Å². The SMILES string of the molecule is CC(C)CNC(N)=NCc1ccn(C2CCCC2)n1.I. The van der Waals surface area contributed by atoms with Gasteiger partial charge in [0, 0.05) is 12.7 Å². The van der Waals surface area contributed by atoms with Crippen LogP contribution >= 0.6 is 24.0 Å². The number of nitrogens with two attached hydrogens (primary N) is 1. The van der Waals surface area contributed by atoms with E-state index >= 15 is 0 Å². The lowest BCUT2D eigenvalue weighted by Gasteiger charge is -2.09. The maximum atomic E-state index is 5.80. The summed E-state index contributed by atoms with van der Waals surface area (Å²) in [5.41, 5.74) is 6.79. The summed E-state index contributed by atoms with van der Waals surface area (Å²) >= 11 is 0. The fourth-order valence-electron chi connectivity index (χ4n) is 2.36. The molecule has 0 aromatic carbocycles. The predicted molar refractivity (Wildman–Crippen MR) is 93.3 cm³/mol. The Hall–Kier alpha value is -0.790. The van der Waals surface area contributed by atoms with Gasteiger partial charge in [0.15, 0.2) is 5.96 Å². The molecule has 0 amide bonds. The second-order valence-electron chi connectivity index (χ2n) is 5.70. The maximum absolute atomic E-state index is 5.80. The normalized spacial score (nSPS) is 16.4. The van der Waals surface area contributed by atoms with Gasteiger partial charge in [-0.1, -0.05) is 26.7 Å². The van der Waals surface area contributed by atoms with Crippen LogP contribution in [0.3, 0.4) is 0 Å². The summed E-state index contributed by atoms with van der Waals surface area (Å²) in [7, 11) is 0. The van der Waals surface area contributed by atoms with Gasteiger partial charge < -0.3 is 11.1 Å². The highest BCUT2D eigenvalue weighted by Crippen LogP contribution is 2.28. The Bertz CT molecular complexity index is 421. The van der Waals surface area contributed by atoms with E-state index in [-0.39, 0.29) is 24.0 Å². The molecule has 1 aliphatic carbocycles. The minimum atomic E-state index is 0. The number of aromatic nitrogens is 2. The van der Waals surface area contributed by atoms with Crippen LogP contribution in [0.25, 0.3) is 0 Å². The minimum Gasteiger partial charge on any atom is -0.370 e. The molecular weight excluding hydrogens is 365 g/mol. The molecule has 0 radical (unpaired) electrons. The summed E-state index contributed by atoms with van der Waals surface area (Å²) in [5, 5.41) is 7.69. The molecule has 0 saturated heterocycles. The summed E-state index contributed by atoms with van der Waals surface area (Å²) in [5.74, 6) is 1.07. The molecule has 0 bridgehead atoms. The Kier molecular flexibility index (Phi) is 7.32. The lowest BCUT2D eigenvalue weighted by Crippen LogP contribution is -2.34. The molecule has 5 nitrogen and oxygen atoms in total. The molecule has 1 aromatic heterocycles. The molecular formula is C14H26IN5. The third kappa shape index (κ3) is 5.30. The molecule has 1 heterocycles. The highest BCUT2D eigenvalue weighted by Gasteiger charge is 2.17. The Labute approximate surface area is 138 Å². The van der Waals surface area contributed by atoms with Gasteiger partial charge >= 0.3 is 0 Å². The molecule has 2 rings (SSSR count). The second-order valence-corrected chi connectivity index (χ2v) is 5.70. The van der Waals surface area contributed by atoms with E-state index in [1.807, 2.05) is 6.07 Å². The third-order valence-corrected chi connectivity index (χ3v) is 3.47. The molecule has 3 N–H and O–H groups in total. The second kappa shape index (κ2) is 8.49. The fraction of sp³-hybridized carbons (Fsp3) is 0.714. The van der Waals surface area contributed by atoms with Crippen LogP contribution in [0.15, 0.2) is 17.3 Å². The molecule has 0 spiro atoms. The van der Waals surface area contributed by atoms with Crippen LogP contribution < -0.4 is 11.1 Å². The van der Waals surface area contributed by atoms with Gasteiger partial charge in [0.25, 0.3) is 0 Å². The maximum Gasteiger partial charge on any atom is 0.188 e. The van der Waals surface area contributed by atoms with E-state index in [0.29, 0.717) is 24.5 Å². The van der Waals surface area contributed by atoms with Crippen LogP contribution in [0.4, 0.5) is 0 Å². The monoisotopic (exact) mass is 391 g/mol. The van der Waals surface area contributed by atoms with Gasteiger partial charge in [-0.2, -0.15) is 5.10 Å². The Morgan fingerprint density at radius 3 is 2.85 bits per heavy atom. The Morgan fingerprint density at radius 2 is 2.20 bits per heavy atom. The van der Waals surface area contributed by atoms with Crippen molar-refractivity contribution in [1.29, 1.82) is 0 Å². The summed E-state index contributed by atoms with van der Waals surface area (Å²) in [4.78, 5) is 4.31. The number of hydrogen-bond donors (Lipinski definition) is 2. The number of nitrogens with zero attached hydrogens (tertiary/aromatic N) is 3. The van der Waals surface area contributed by atoms with Crippen molar-refractivity contribution in [3.63, 3.8) is 0 Å². The highest BCUT2D eigenvalue weighted by molar-refractivity contribution is 14.0. The third-order valence-electron chi connectivity index (χ3n) is 3.47. The average molecular weight is 391 g/mol. The van der Waals surface area contributed by atoms with Crippen molar-refractivity contribution in [3.05, 3.63) is 18.0 Å². The van der Waals surface area contributed by atoms with Crippen molar-refractivity contribution in [2.75, 3.05) is 6.54 Å². The zero-order chi connectivity index (χ0) is 13.7. The first-order valence-corrected chi connectivity index (χ1v) is 7.23. The number of nitrogens with one attached hydrogen (secondary N) is 1. The van der Waals surface area contributed by atoms with Crippen LogP contribution in [0.2, 0.25) is 0 Å². The molecule has 0 atom stereocenters. The van der Waals surface area contributed by atoms with Crippen molar-refractivity contribution in [1.82, 2.24) is 15.1 Å². The average Bonchev–Trinajstić information content (AvgIpc) is 3.03. The molecule has 0 aliphatic heterocycles. The fourth-order valence-corrected chi connectivity index (χ4v) is 2.36. The molecule has 20 heavy (non-hydrogen) atoms. The number of rotatable bonds is 5. The smallest absolute Gasteiger partial charge is 0.188 e. The predicted octanol–water partition coefficient (Wildman–Crippen LogP) is 2.68. The minimum absolute atomic E-state index is 0. The van der Waals surface area contributed by atoms with E-state index in [9.17, 15) is 0 Å². The van der Waals surface area contributed by atoms with Crippen LogP contribution in [-0.4, -0.2) is 22.3 Å². The molecule has 6 heteroatoms. The number of hydrogen-bond acceptors (Lipinski definition) is 2. The first-order valence-electron chi connectivity index (χ1n) is 7.23. The van der Waals surface area contributed by atoms with E-state index in [2.05, 4.69) is 40.1 Å². The number of aliphatic imine (C=N–C) groups is 1. The first-order chi connectivity index (χ1) is 9.15. The molecule has 114 valence electrons. The summed E-state index contributed by atoms with van der Waals surface area (Å²) in [6.07, 6.45) is 7.22. The van der Waals surface area contributed by atoms with Crippen molar-refractivity contribution in [3.8, 4) is 0 Å². The van der Waals surface area contributed by atoms with Crippen LogP contribution in [0.1, 0.15) is 51.3 Å². The van der Waals surface area contributed by atoms with Crippen molar-refractivity contribution < 1.29 is 0 Å². The van der Waals surface area contributed by atoms with Crippen molar-refractivity contribution in [2.45, 2.75) is 52.1 Å². The van der Waals surface area contributed by atoms with Crippen LogP contribution in [0.5, 0.6) is 0 Å². The molecule has 1 saturated carbocycles. The van der Waals surface area contributed by atoms with Crippen molar-refractivity contribution >= 4 is 29.9 Å². The van der Waals surface area contributed by atoms with Gasteiger partial charge in [0.2, 0.25) is 0 Å². The quantitative estimate of drug-likeness (QED) is 0.461. The molecule has 0 unspecified atom stereocenters. The summed E-state index contributed by atoms with van der Waals surface area (Å²) < 4.78 is 2.09. The molecule has 1 aliphatic rings. The van der Waals surface area contributed by atoms with Gasteiger partial charge in [-0.25, -0.2) is 4.99 Å². The van der Waals surface area contributed by atoms with E-state index in [1.165, 1.54) is 25.7 Å². The van der Waals surface area contributed by atoms with E-state index in [4.69, 9.17) is 5.73 Å². The van der Waals surface area contributed by atoms with E-state index < -0.39 is 0 Å². The lowest BCUT2D eigenvalue weighted by molar-refractivity contribution is 0.463. The topological polar surface area (TPSA) is 68.2 Å². The highest BCUT2D eigenvalue weighted by atomic mass is 127. The largest absolute Gasteiger partial charge is 0.370 e. The standard InChI is InChI=1S/C14H25N5.HI/c1-11(2)9-16-14(15)17-10-12-7-8-19(18-12)13-5-3-4-6-13;/h7-8,11,13H,3-6,9-10H2,1-2H3,(H3,15,16,17);1H. The van der Waals surface area contributed by atoms with E-state index in [1.54, 1.807) is 0 Å². The summed E-state index contributed by atoms with van der Waals surface area (Å²) in [6, 6.07) is 2.63. The molecule has 1 aromatic rings. The number of halogens is 1.